The van der Waals surface area contributed by atoms with Crippen molar-refractivity contribution in [1.82, 2.24) is 0 Å². The maximum Gasteiger partial charge on any atom is 0.0752 e. The number of aliphatic hydroxyl groups is 1. The van der Waals surface area contributed by atoms with Crippen LogP contribution in [0.3, 0.4) is 0 Å². The van der Waals surface area contributed by atoms with Gasteiger partial charge in [0.15, 0.2) is 0 Å². The lowest BCUT2D eigenvalue weighted by molar-refractivity contribution is 0.120. The monoisotopic (exact) mass is 142 g/mol. The summed E-state index contributed by atoms with van der Waals surface area (Å²) in [5.41, 5.74) is 0. The fraction of sp³-hybridized carbons (Fsp3) is 0.750. The van der Waals surface area contributed by atoms with Crippen molar-refractivity contribution < 1.29 is 9.84 Å². The molecule has 1 N–H and O–H groups in total. The van der Waals surface area contributed by atoms with Crippen LogP contribution in [0.5, 0.6) is 0 Å². The molecule has 0 aliphatic heterocycles. The minimum atomic E-state index is -0.227. The maximum absolute atomic E-state index is 9.27. The lowest BCUT2D eigenvalue weighted by atomic mass is 10.0. The molecule has 0 heterocycles. The van der Waals surface area contributed by atoms with Crippen molar-refractivity contribution in [3.8, 4) is 0 Å². The molecule has 2 heteroatoms. The molecule has 0 fully saturated rings. The van der Waals surface area contributed by atoms with E-state index in [-0.39, 0.29) is 6.10 Å². The van der Waals surface area contributed by atoms with E-state index in [1.54, 1.807) is 7.11 Å². The minimum Gasteiger partial charge on any atom is -0.389 e. The van der Waals surface area contributed by atoms with Crippen molar-refractivity contribution in [2.75, 3.05) is 13.7 Å². The average Bonchev–Trinajstić information content (AvgIpc) is 2.31. The molecule has 1 aliphatic carbocycles. The Morgan fingerprint density at radius 3 is 3.00 bits per heavy atom. The quantitative estimate of drug-likeness (QED) is 0.595. The minimum absolute atomic E-state index is 0.227. The molecular weight excluding hydrogens is 128 g/mol. The van der Waals surface area contributed by atoms with Crippen LogP contribution >= 0.6 is 0 Å². The molecule has 1 rings (SSSR count). The standard InChI is InChI=1S/C8H14O2/c1-10-6-5-7-3-2-4-8(7)9/h2,4,7-9H,3,5-6H2,1H3/t7-,8-/m0/s1. The number of ether oxygens (including phenoxy) is 1. The Balaban J connectivity index is 2.17. The van der Waals surface area contributed by atoms with Crippen LogP contribution in [0.1, 0.15) is 12.8 Å². The largest absolute Gasteiger partial charge is 0.389 e. The summed E-state index contributed by atoms with van der Waals surface area (Å²) in [6, 6.07) is 0. The van der Waals surface area contributed by atoms with Gasteiger partial charge in [-0.25, -0.2) is 0 Å². The second kappa shape index (κ2) is 3.74. The Morgan fingerprint density at radius 2 is 2.50 bits per heavy atom. The Kier molecular flexibility index (Phi) is 2.90. The third kappa shape index (κ3) is 1.82. The van der Waals surface area contributed by atoms with Gasteiger partial charge in [0.1, 0.15) is 0 Å². The highest BCUT2D eigenvalue weighted by molar-refractivity contribution is 5.01. The highest BCUT2D eigenvalue weighted by Crippen LogP contribution is 2.21. The molecule has 1 aliphatic rings. The van der Waals surface area contributed by atoms with Gasteiger partial charge in [-0.2, -0.15) is 0 Å². The summed E-state index contributed by atoms with van der Waals surface area (Å²) in [5.74, 6) is 0.403. The van der Waals surface area contributed by atoms with Crippen molar-refractivity contribution in [3.05, 3.63) is 12.2 Å². The second-order valence-corrected chi connectivity index (χ2v) is 2.70. The molecule has 2 nitrogen and oxygen atoms in total. The molecule has 0 bridgehead atoms. The van der Waals surface area contributed by atoms with Gasteiger partial charge in [-0.3, -0.25) is 0 Å². The normalized spacial score (nSPS) is 31.4. The summed E-state index contributed by atoms with van der Waals surface area (Å²) in [6.45, 7) is 0.753. The van der Waals surface area contributed by atoms with Crippen LogP contribution in [0.25, 0.3) is 0 Å². The molecule has 0 aromatic rings. The Labute approximate surface area is 61.5 Å². The molecule has 10 heavy (non-hydrogen) atoms. The molecule has 0 saturated heterocycles. The number of allylic oxidation sites excluding steroid dienone is 1. The lowest BCUT2D eigenvalue weighted by Crippen LogP contribution is -2.14. The van der Waals surface area contributed by atoms with E-state index >= 15 is 0 Å². The molecule has 0 aromatic heterocycles. The zero-order valence-corrected chi connectivity index (χ0v) is 6.29. The van der Waals surface area contributed by atoms with Gasteiger partial charge in [-0.1, -0.05) is 12.2 Å². The number of rotatable bonds is 3. The van der Waals surface area contributed by atoms with E-state index in [1.807, 2.05) is 12.2 Å². The highest BCUT2D eigenvalue weighted by atomic mass is 16.5. The van der Waals surface area contributed by atoms with Gasteiger partial charge >= 0.3 is 0 Å². The molecule has 0 aromatic carbocycles. The molecule has 0 unspecified atom stereocenters. The number of methoxy groups -OCH3 is 1. The smallest absolute Gasteiger partial charge is 0.0752 e. The molecule has 0 radical (unpaired) electrons. The summed E-state index contributed by atoms with van der Waals surface area (Å²) in [6.07, 6.45) is 5.63. The SMILES string of the molecule is COCC[C@@H]1CC=C[C@@H]1O. The first-order valence-electron chi connectivity index (χ1n) is 3.68. The summed E-state index contributed by atoms with van der Waals surface area (Å²) < 4.78 is 4.91. The van der Waals surface area contributed by atoms with E-state index in [0.717, 1.165) is 19.4 Å². The van der Waals surface area contributed by atoms with Crippen molar-refractivity contribution in [2.24, 2.45) is 5.92 Å². The van der Waals surface area contributed by atoms with Crippen LogP contribution in [0, 0.1) is 5.92 Å². The van der Waals surface area contributed by atoms with Gasteiger partial charge in [0.2, 0.25) is 0 Å². The van der Waals surface area contributed by atoms with Crippen LogP contribution in [0.2, 0.25) is 0 Å². The molecule has 0 saturated carbocycles. The summed E-state index contributed by atoms with van der Waals surface area (Å²) in [7, 11) is 1.69. The summed E-state index contributed by atoms with van der Waals surface area (Å²) in [5, 5.41) is 9.27. The first-order chi connectivity index (χ1) is 4.84. The zero-order chi connectivity index (χ0) is 7.40. The van der Waals surface area contributed by atoms with Crippen LogP contribution < -0.4 is 0 Å². The predicted molar refractivity (Wildman–Crippen MR) is 39.7 cm³/mol. The fourth-order valence-electron chi connectivity index (χ4n) is 1.25. The number of hydrogen-bond acceptors (Lipinski definition) is 2. The van der Waals surface area contributed by atoms with Crippen LogP contribution in [0.4, 0.5) is 0 Å². The zero-order valence-electron chi connectivity index (χ0n) is 6.29. The summed E-state index contributed by atoms with van der Waals surface area (Å²) >= 11 is 0. The fourth-order valence-corrected chi connectivity index (χ4v) is 1.25. The van der Waals surface area contributed by atoms with E-state index in [2.05, 4.69) is 0 Å². The molecule has 2 atom stereocenters. The van der Waals surface area contributed by atoms with Crippen molar-refractivity contribution in [2.45, 2.75) is 18.9 Å². The highest BCUT2D eigenvalue weighted by Gasteiger charge is 2.19. The van der Waals surface area contributed by atoms with Gasteiger partial charge in [-0.15, -0.1) is 0 Å². The number of aliphatic hydroxyl groups excluding tert-OH is 1. The third-order valence-corrected chi connectivity index (χ3v) is 1.95. The van der Waals surface area contributed by atoms with Gasteiger partial charge in [-0.05, 0) is 18.8 Å². The van der Waals surface area contributed by atoms with E-state index < -0.39 is 0 Å². The Bertz CT molecular complexity index is 120. The van der Waals surface area contributed by atoms with Crippen molar-refractivity contribution in [3.63, 3.8) is 0 Å². The summed E-state index contributed by atoms with van der Waals surface area (Å²) in [4.78, 5) is 0. The Morgan fingerprint density at radius 1 is 1.70 bits per heavy atom. The lowest BCUT2D eigenvalue weighted by Gasteiger charge is -2.12. The first kappa shape index (κ1) is 7.76. The van der Waals surface area contributed by atoms with Crippen molar-refractivity contribution >= 4 is 0 Å². The van der Waals surface area contributed by atoms with Crippen LogP contribution in [-0.2, 0) is 4.74 Å². The third-order valence-electron chi connectivity index (χ3n) is 1.95. The molecular formula is C8H14O2. The topological polar surface area (TPSA) is 29.5 Å². The maximum atomic E-state index is 9.27. The first-order valence-corrected chi connectivity index (χ1v) is 3.68. The molecule has 0 spiro atoms. The molecule has 0 amide bonds. The van der Waals surface area contributed by atoms with Crippen molar-refractivity contribution in [1.29, 1.82) is 0 Å². The van der Waals surface area contributed by atoms with E-state index in [1.165, 1.54) is 0 Å². The van der Waals surface area contributed by atoms with Gasteiger partial charge in [0.25, 0.3) is 0 Å². The predicted octanol–water partition coefficient (Wildman–Crippen LogP) is 0.960. The van der Waals surface area contributed by atoms with Gasteiger partial charge < -0.3 is 9.84 Å². The Hall–Kier alpha value is -0.340. The van der Waals surface area contributed by atoms with E-state index in [9.17, 15) is 5.11 Å². The van der Waals surface area contributed by atoms with Crippen LogP contribution in [-0.4, -0.2) is 24.9 Å². The second-order valence-electron chi connectivity index (χ2n) is 2.70. The van der Waals surface area contributed by atoms with E-state index in [0.29, 0.717) is 5.92 Å². The van der Waals surface area contributed by atoms with Gasteiger partial charge in [0, 0.05) is 13.7 Å². The van der Waals surface area contributed by atoms with Gasteiger partial charge in [0.05, 0.1) is 6.10 Å². The molecule has 58 valence electrons. The van der Waals surface area contributed by atoms with Crippen LogP contribution in [0.15, 0.2) is 12.2 Å². The average molecular weight is 142 g/mol. The van der Waals surface area contributed by atoms with E-state index in [4.69, 9.17) is 4.74 Å². The number of hydrogen-bond donors (Lipinski definition) is 1.